The van der Waals surface area contributed by atoms with E-state index in [-0.39, 0.29) is 6.61 Å². The van der Waals surface area contributed by atoms with E-state index >= 15 is 0 Å². The maximum Gasteiger partial charge on any atom is 0.228 e. The van der Waals surface area contributed by atoms with Gasteiger partial charge in [0.25, 0.3) is 0 Å². The van der Waals surface area contributed by atoms with Crippen LogP contribution in [0.2, 0.25) is 0 Å². The second-order valence-electron chi connectivity index (χ2n) is 3.58. The Bertz CT molecular complexity index is 493. The van der Waals surface area contributed by atoms with Gasteiger partial charge in [0.2, 0.25) is 10.0 Å². The first-order valence-electron chi connectivity index (χ1n) is 5.08. The molecule has 5 nitrogen and oxygen atoms in total. The molecule has 0 aliphatic rings. The van der Waals surface area contributed by atoms with Crippen molar-refractivity contribution in [1.29, 1.82) is 5.26 Å². The van der Waals surface area contributed by atoms with Crippen LogP contribution in [0.3, 0.4) is 0 Å². The summed E-state index contributed by atoms with van der Waals surface area (Å²) in [5.41, 5.74) is 0.656. The molecule has 1 aromatic carbocycles. The molecular formula is C11H14N2O3S. The van der Waals surface area contributed by atoms with Crippen molar-refractivity contribution in [3.05, 3.63) is 35.9 Å². The van der Waals surface area contributed by atoms with Crippen LogP contribution >= 0.6 is 0 Å². The molecule has 0 amide bonds. The highest BCUT2D eigenvalue weighted by Crippen LogP contribution is 2.14. The van der Waals surface area contributed by atoms with Crippen LogP contribution in [0.5, 0.6) is 0 Å². The van der Waals surface area contributed by atoms with E-state index < -0.39 is 21.3 Å². The zero-order valence-electron chi connectivity index (χ0n) is 9.37. The number of rotatable bonds is 5. The number of benzene rings is 1. The molecule has 0 fully saturated rings. The zero-order chi connectivity index (χ0) is 12.9. The predicted molar refractivity (Wildman–Crippen MR) is 63.4 cm³/mol. The number of hydrogen-bond acceptors (Lipinski definition) is 4. The fourth-order valence-electron chi connectivity index (χ4n) is 1.27. The Hall–Kier alpha value is -1.42. The molecular weight excluding hydrogens is 240 g/mol. The van der Waals surface area contributed by atoms with E-state index in [1.165, 1.54) is 6.92 Å². The third kappa shape index (κ3) is 3.53. The summed E-state index contributed by atoms with van der Waals surface area (Å²) in [6.07, 6.45) is 0. The molecule has 0 heterocycles. The topological polar surface area (TPSA) is 90.2 Å². The quantitative estimate of drug-likeness (QED) is 0.803. The normalized spacial score (nSPS) is 14.9. The van der Waals surface area contributed by atoms with Crippen molar-refractivity contribution in [2.24, 2.45) is 0 Å². The minimum atomic E-state index is -3.74. The van der Waals surface area contributed by atoms with E-state index in [2.05, 4.69) is 4.72 Å². The average Bonchev–Trinajstić information content (AvgIpc) is 2.36. The second-order valence-corrected chi connectivity index (χ2v) is 5.61. The predicted octanol–water partition coefficient (Wildman–Crippen LogP) is 0.551. The Kier molecular flexibility index (Phi) is 4.63. The van der Waals surface area contributed by atoms with Crippen LogP contribution in [0.25, 0.3) is 0 Å². The van der Waals surface area contributed by atoms with Crippen LogP contribution in [-0.2, 0) is 10.0 Å². The van der Waals surface area contributed by atoms with Crippen molar-refractivity contribution in [3.63, 3.8) is 0 Å². The van der Waals surface area contributed by atoms with E-state index in [0.717, 1.165) is 0 Å². The Morgan fingerprint density at radius 3 is 2.47 bits per heavy atom. The first-order valence-corrected chi connectivity index (χ1v) is 6.62. The first-order chi connectivity index (χ1) is 8.01. The third-order valence-electron chi connectivity index (χ3n) is 2.34. The molecule has 0 spiro atoms. The van der Waals surface area contributed by atoms with Gasteiger partial charge in [-0.05, 0) is 12.5 Å². The number of aliphatic hydroxyl groups is 1. The van der Waals surface area contributed by atoms with Gasteiger partial charge < -0.3 is 5.11 Å². The lowest BCUT2D eigenvalue weighted by Gasteiger charge is -2.17. The standard InChI is InChI=1S/C11H14N2O3S/c1-9(7-12)17(15,16)13-11(8-14)10-5-3-2-4-6-10/h2-6,9,11,13-14H,8H2,1H3/t9?,11-/m1/s1. The molecule has 0 aliphatic carbocycles. The zero-order valence-corrected chi connectivity index (χ0v) is 10.2. The van der Waals surface area contributed by atoms with Gasteiger partial charge >= 0.3 is 0 Å². The van der Waals surface area contributed by atoms with Gasteiger partial charge in [-0.1, -0.05) is 30.3 Å². The van der Waals surface area contributed by atoms with Gasteiger partial charge in [-0.3, -0.25) is 0 Å². The summed E-state index contributed by atoms with van der Waals surface area (Å²) in [5.74, 6) is 0. The molecule has 0 aliphatic heterocycles. The lowest BCUT2D eigenvalue weighted by Crippen LogP contribution is -2.36. The Morgan fingerprint density at radius 2 is 2.00 bits per heavy atom. The lowest BCUT2D eigenvalue weighted by atomic mass is 10.1. The molecule has 2 N–H and O–H groups in total. The minimum Gasteiger partial charge on any atom is -0.394 e. The maximum absolute atomic E-state index is 11.7. The smallest absolute Gasteiger partial charge is 0.228 e. The average molecular weight is 254 g/mol. The van der Waals surface area contributed by atoms with Crippen molar-refractivity contribution in [3.8, 4) is 6.07 Å². The van der Waals surface area contributed by atoms with Crippen LogP contribution in [0.4, 0.5) is 0 Å². The number of aliphatic hydroxyl groups excluding tert-OH is 1. The van der Waals surface area contributed by atoms with E-state index in [0.29, 0.717) is 5.56 Å². The van der Waals surface area contributed by atoms with Crippen molar-refractivity contribution < 1.29 is 13.5 Å². The van der Waals surface area contributed by atoms with Crippen LogP contribution in [0.1, 0.15) is 18.5 Å². The van der Waals surface area contributed by atoms with Gasteiger partial charge in [-0.15, -0.1) is 0 Å². The van der Waals surface area contributed by atoms with Crippen molar-refractivity contribution in [1.82, 2.24) is 4.72 Å². The highest BCUT2D eigenvalue weighted by molar-refractivity contribution is 7.90. The van der Waals surface area contributed by atoms with Crippen LogP contribution < -0.4 is 4.72 Å². The molecule has 2 atom stereocenters. The van der Waals surface area contributed by atoms with Crippen LogP contribution in [0, 0.1) is 11.3 Å². The fourth-order valence-corrected chi connectivity index (χ4v) is 2.22. The fraction of sp³-hybridized carbons (Fsp3) is 0.364. The van der Waals surface area contributed by atoms with E-state index in [4.69, 9.17) is 5.26 Å². The lowest BCUT2D eigenvalue weighted by molar-refractivity contribution is 0.258. The number of sulfonamides is 1. The van der Waals surface area contributed by atoms with E-state index in [1.807, 2.05) is 0 Å². The van der Waals surface area contributed by atoms with Gasteiger partial charge in [0.05, 0.1) is 18.7 Å². The molecule has 0 saturated carbocycles. The summed E-state index contributed by atoms with van der Waals surface area (Å²) in [6.45, 7) is 0.934. The second kappa shape index (κ2) is 5.77. The summed E-state index contributed by atoms with van der Waals surface area (Å²) in [4.78, 5) is 0. The van der Waals surface area contributed by atoms with Crippen LogP contribution in [-0.4, -0.2) is 25.4 Å². The SMILES string of the molecule is CC(C#N)S(=O)(=O)N[C@H](CO)c1ccccc1. The molecule has 0 radical (unpaired) electrons. The summed E-state index contributed by atoms with van der Waals surface area (Å²) >= 11 is 0. The van der Waals surface area contributed by atoms with Crippen molar-refractivity contribution >= 4 is 10.0 Å². The largest absolute Gasteiger partial charge is 0.394 e. The third-order valence-corrected chi connectivity index (χ3v) is 3.99. The molecule has 1 rings (SSSR count). The van der Waals surface area contributed by atoms with Crippen LogP contribution in [0.15, 0.2) is 30.3 Å². The molecule has 17 heavy (non-hydrogen) atoms. The van der Waals surface area contributed by atoms with Crippen molar-refractivity contribution in [2.75, 3.05) is 6.61 Å². The van der Waals surface area contributed by atoms with E-state index in [1.54, 1.807) is 36.4 Å². The van der Waals surface area contributed by atoms with E-state index in [9.17, 15) is 13.5 Å². The molecule has 6 heteroatoms. The van der Waals surface area contributed by atoms with Crippen molar-refractivity contribution in [2.45, 2.75) is 18.2 Å². The number of nitrogens with one attached hydrogen (secondary N) is 1. The maximum atomic E-state index is 11.7. The number of hydrogen-bond donors (Lipinski definition) is 2. The number of nitriles is 1. The van der Waals surface area contributed by atoms with Gasteiger partial charge in [0, 0.05) is 0 Å². The molecule has 0 aromatic heterocycles. The highest BCUT2D eigenvalue weighted by Gasteiger charge is 2.24. The molecule has 92 valence electrons. The summed E-state index contributed by atoms with van der Waals surface area (Å²) < 4.78 is 25.6. The highest BCUT2D eigenvalue weighted by atomic mass is 32.2. The molecule has 1 aromatic rings. The summed E-state index contributed by atoms with van der Waals surface area (Å²) in [5, 5.41) is 16.6. The Labute approximate surface area is 101 Å². The molecule has 0 bridgehead atoms. The monoisotopic (exact) mass is 254 g/mol. The van der Waals surface area contributed by atoms with Gasteiger partial charge in [0.15, 0.2) is 5.25 Å². The summed E-state index contributed by atoms with van der Waals surface area (Å²) in [6, 6.07) is 9.64. The first kappa shape index (κ1) is 13.6. The van der Waals surface area contributed by atoms with Gasteiger partial charge in [-0.2, -0.15) is 5.26 Å². The van der Waals surface area contributed by atoms with Gasteiger partial charge in [-0.25, -0.2) is 13.1 Å². The minimum absolute atomic E-state index is 0.360. The van der Waals surface area contributed by atoms with Gasteiger partial charge in [0.1, 0.15) is 0 Å². The summed E-state index contributed by atoms with van der Waals surface area (Å²) in [7, 11) is -3.74. The molecule has 1 unspecified atom stereocenters. The number of nitrogens with zero attached hydrogens (tertiary/aromatic N) is 1. The Morgan fingerprint density at radius 1 is 1.41 bits per heavy atom. The molecule has 0 saturated heterocycles. The Balaban J connectivity index is 2.90.